The number of pyridine rings is 1. The molecule has 6 bridgehead atoms. The van der Waals surface area contributed by atoms with Gasteiger partial charge in [-0.1, -0.05) is 26.8 Å². The zero-order valence-corrected chi connectivity index (χ0v) is 45.2. The summed E-state index contributed by atoms with van der Waals surface area (Å²) in [5.74, 6) is -0.841. The van der Waals surface area contributed by atoms with Gasteiger partial charge in [-0.3, -0.25) is 34.2 Å². The van der Waals surface area contributed by atoms with Gasteiger partial charge >= 0.3 is 5.97 Å². The predicted octanol–water partition coefficient (Wildman–Crippen LogP) is 6.60. The number of nitrogens with zero attached hydrogens (tertiary/aromatic N) is 7. The van der Waals surface area contributed by atoms with Crippen molar-refractivity contribution in [3.05, 3.63) is 53.9 Å². The van der Waals surface area contributed by atoms with Crippen LogP contribution in [-0.2, 0) is 51.0 Å². The maximum absolute atomic E-state index is 15.0. The summed E-state index contributed by atoms with van der Waals surface area (Å²) in [6.45, 7) is 20.5. The lowest BCUT2D eigenvalue weighted by Crippen LogP contribution is -2.64. The number of likely N-dealkylation sites (tertiary alicyclic amines) is 1. The molecule has 406 valence electrons. The molecule has 4 aromatic rings. The van der Waals surface area contributed by atoms with Gasteiger partial charge in [0.2, 0.25) is 11.8 Å². The molecule has 0 unspecified atom stereocenters. The third-order valence-corrected chi connectivity index (χ3v) is 16.9. The Kier molecular flexibility index (Phi) is 14.9. The second-order valence-electron chi connectivity index (χ2n) is 23.8. The van der Waals surface area contributed by atoms with Crippen molar-refractivity contribution >= 4 is 34.4 Å². The molecule has 6 fully saturated rings. The summed E-state index contributed by atoms with van der Waals surface area (Å²) in [6.07, 6.45) is 10.4. The molecule has 7 aliphatic rings. The SMILES string of the molecule is CO[C@@H](C)c1ncc(N2CCN(C3CC3)CC2)cc1-c1c2c3cc(ccc3n1CCO[C@H]1CCOC(C)(C)C1)-c1coc(n1)[C@@H](N1CCCC1)[C@H](NC(=O)[C@H]1OC[C@@H]1C)C(=O)N1CCC[C@H](N1)C(=O)OCC(C)(C)C2. The minimum atomic E-state index is -1.10. The maximum Gasteiger partial charge on any atom is 0.324 e. The molecule has 2 amide bonds. The molecule has 75 heavy (non-hydrogen) atoms. The number of carbonyl (C=O) groups excluding carboxylic acids is 3. The fraction of sp³-hybridized carbons (Fsp3) is 0.667. The molecule has 7 atom stereocenters. The molecular weight excluding hydrogens is 955 g/mol. The number of rotatable bonds is 12. The maximum atomic E-state index is 15.0. The molecule has 6 aliphatic heterocycles. The number of amides is 2. The Balaban J connectivity index is 1.06. The molecular formula is C57H79N9O9. The van der Waals surface area contributed by atoms with E-state index in [1.54, 1.807) is 13.4 Å². The summed E-state index contributed by atoms with van der Waals surface area (Å²) in [4.78, 5) is 61.2. The van der Waals surface area contributed by atoms with Crippen molar-refractivity contribution in [2.45, 2.75) is 154 Å². The lowest BCUT2D eigenvalue weighted by Gasteiger charge is -2.40. The van der Waals surface area contributed by atoms with Crippen LogP contribution in [0.25, 0.3) is 33.4 Å². The number of anilines is 1. The number of oxazole rings is 1. The number of carbonyl (C=O) groups is 3. The zero-order chi connectivity index (χ0) is 52.2. The summed E-state index contributed by atoms with van der Waals surface area (Å²) in [7, 11) is 1.74. The van der Waals surface area contributed by atoms with Crippen LogP contribution >= 0.6 is 0 Å². The molecule has 1 saturated carbocycles. The fourth-order valence-corrected chi connectivity index (χ4v) is 12.5. The summed E-state index contributed by atoms with van der Waals surface area (Å²) in [5.41, 5.74) is 9.90. The van der Waals surface area contributed by atoms with Crippen molar-refractivity contribution < 1.29 is 42.5 Å². The Bertz CT molecular complexity index is 2720. The number of cyclic esters (lactones) is 1. The average molecular weight is 1030 g/mol. The van der Waals surface area contributed by atoms with E-state index in [9.17, 15) is 9.59 Å². The quantitative estimate of drug-likeness (QED) is 0.145. The molecule has 2 N–H and O–H groups in total. The number of methoxy groups -OCH3 is 1. The monoisotopic (exact) mass is 1030 g/mol. The van der Waals surface area contributed by atoms with Crippen molar-refractivity contribution in [2.24, 2.45) is 11.3 Å². The lowest BCUT2D eigenvalue weighted by atomic mass is 9.84. The largest absolute Gasteiger partial charge is 0.464 e. The van der Waals surface area contributed by atoms with Gasteiger partial charge in [-0.15, -0.1) is 0 Å². The van der Waals surface area contributed by atoms with Crippen molar-refractivity contribution in [1.29, 1.82) is 0 Å². The van der Waals surface area contributed by atoms with Crippen molar-refractivity contribution in [1.82, 2.24) is 40.1 Å². The highest BCUT2D eigenvalue weighted by molar-refractivity contribution is 5.96. The van der Waals surface area contributed by atoms with Crippen LogP contribution in [0, 0.1) is 11.3 Å². The van der Waals surface area contributed by atoms with E-state index in [4.69, 9.17) is 38.1 Å². The van der Waals surface area contributed by atoms with Crippen LogP contribution in [0.15, 0.2) is 41.1 Å². The second kappa shape index (κ2) is 21.5. The van der Waals surface area contributed by atoms with Crippen molar-refractivity contribution in [3.63, 3.8) is 0 Å². The van der Waals surface area contributed by atoms with Gasteiger partial charge in [0.15, 0.2) is 0 Å². The number of aromatic nitrogens is 3. The van der Waals surface area contributed by atoms with Gasteiger partial charge in [0.05, 0.1) is 60.9 Å². The molecule has 3 aromatic heterocycles. The number of fused-ring (bicyclic) bond motifs is 6. The summed E-state index contributed by atoms with van der Waals surface area (Å²) in [6, 6.07) is 6.89. The van der Waals surface area contributed by atoms with E-state index in [1.807, 2.05) is 13.1 Å². The van der Waals surface area contributed by atoms with Crippen LogP contribution < -0.4 is 15.6 Å². The zero-order valence-electron chi connectivity index (χ0n) is 45.2. The average Bonchev–Trinajstić information content (AvgIpc) is 3.75. The van der Waals surface area contributed by atoms with E-state index in [-0.39, 0.29) is 42.1 Å². The Morgan fingerprint density at radius 3 is 2.49 bits per heavy atom. The third kappa shape index (κ3) is 11.0. The minimum absolute atomic E-state index is 0.000506. The van der Waals surface area contributed by atoms with Crippen LogP contribution in [0.5, 0.6) is 0 Å². The van der Waals surface area contributed by atoms with E-state index >= 15 is 4.79 Å². The standard InChI is InChI=1S/C57H79N9O9/c1-35-32-72-51(35)52(67)60-48-50(64-17-8-9-18-64)53-59-45(33-73-53)37-12-15-46-41(27-37)43(30-56(3,4)34-74-55(69)44-11-10-19-66(61-44)54(48)68)49(65(46)24-26-71-40-16-25-75-57(5,6)29-40)42-28-39(31-58-47(42)36(2)70-7)63-22-20-62(21-23-63)38-13-14-38/h12,15,27-28,31,33,35-36,38,40,44,48,50-51,61H,8-11,13-14,16-26,29-30,32,34H2,1-7H3,(H,60,67)/t35-,36-,40-,44-,48-,50-,51-/m0/s1. The number of piperazine rings is 1. The van der Waals surface area contributed by atoms with Crippen LogP contribution in [-0.4, -0.2) is 162 Å². The molecule has 0 spiro atoms. The van der Waals surface area contributed by atoms with Gasteiger partial charge in [0.1, 0.15) is 36.2 Å². The summed E-state index contributed by atoms with van der Waals surface area (Å²) >= 11 is 0. The lowest BCUT2D eigenvalue weighted by molar-refractivity contribution is -0.163. The molecule has 9 heterocycles. The highest BCUT2D eigenvalue weighted by atomic mass is 16.5. The predicted molar refractivity (Wildman–Crippen MR) is 283 cm³/mol. The Morgan fingerprint density at radius 1 is 0.973 bits per heavy atom. The van der Waals surface area contributed by atoms with Crippen LogP contribution in [0.3, 0.4) is 0 Å². The second-order valence-corrected chi connectivity index (χ2v) is 23.8. The van der Waals surface area contributed by atoms with Crippen LogP contribution in [0.4, 0.5) is 5.69 Å². The first-order valence-electron chi connectivity index (χ1n) is 27.9. The number of esters is 1. The molecule has 1 aliphatic carbocycles. The Morgan fingerprint density at radius 2 is 1.77 bits per heavy atom. The number of hydrogen-bond donors (Lipinski definition) is 2. The number of hydrogen-bond acceptors (Lipinski definition) is 15. The van der Waals surface area contributed by atoms with Gasteiger partial charge in [-0.05, 0) is 109 Å². The number of hydrazine groups is 1. The smallest absolute Gasteiger partial charge is 0.324 e. The van der Waals surface area contributed by atoms with Crippen molar-refractivity contribution in [2.75, 3.05) is 84.3 Å². The number of benzene rings is 1. The first-order valence-corrected chi connectivity index (χ1v) is 27.9. The van der Waals surface area contributed by atoms with Gasteiger partial charge in [0, 0.05) is 98.8 Å². The summed E-state index contributed by atoms with van der Waals surface area (Å²) in [5, 5.41) is 5.63. The molecule has 18 heteroatoms. The van der Waals surface area contributed by atoms with E-state index in [1.165, 1.54) is 17.9 Å². The first kappa shape index (κ1) is 52.1. The van der Waals surface area contributed by atoms with E-state index < -0.39 is 35.6 Å². The molecule has 1 aromatic carbocycles. The number of nitrogens with one attached hydrogen (secondary N) is 2. The Labute approximate surface area is 441 Å². The topological polar surface area (TPSA) is 178 Å². The minimum Gasteiger partial charge on any atom is -0.464 e. The van der Waals surface area contributed by atoms with Crippen LogP contribution in [0.1, 0.15) is 122 Å². The highest BCUT2D eigenvalue weighted by Gasteiger charge is 2.46. The number of ether oxygens (including phenoxy) is 5. The Hall–Kier alpha value is -4.95. The third-order valence-electron chi connectivity index (χ3n) is 16.9. The van der Waals surface area contributed by atoms with Gasteiger partial charge < -0.3 is 42.9 Å². The first-order chi connectivity index (χ1) is 36.1. The van der Waals surface area contributed by atoms with Gasteiger partial charge in [-0.2, -0.15) is 0 Å². The van der Waals surface area contributed by atoms with E-state index in [0.717, 1.165) is 103 Å². The summed E-state index contributed by atoms with van der Waals surface area (Å²) < 4.78 is 40.0. The molecule has 18 nitrogen and oxygen atoms in total. The molecule has 11 rings (SSSR count). The normalized spacial score (nSPS) is 28.2. The van der Waals surface area contributed by atoms with Gasteiger partial charge in [0.25, 0.3) is 5.91 Å². The fourth-order valence-electron chi connectivity index (χ4n) is 12.5. The molecule has 5 saturated heterocycles. The van der Waals surface area contributed by atoms with Crippen LogP contribution in [0.2, 0.25) is 0 Å². The van der Waals surface area contributed by atoms with Gasteiger partial charge in [-0.25, -0.2) is 10.4 Å². The molecule has 0 radical (unpaired) electrons. The van der Waals surface area contributed by atoms with Crippen molar-refractivity contribution in [3.8, 4) is 22.5 Å². The highest BCUT2D eigenvalue weighted by Crippen LogP contribution is 2.44. The van der Waals surface area contributed by atoms with E-state index in [0.29, 0.717) is 76.8 Å². The van der Waals surface area contributed by atoms with E-state index in [2.05, 4.69) is 88.9 Å².